The van der Waals surface area contributed by atoms with Crippen molar-refractivity contribution >= 4 is 0 Å². The van der Waals surface area contributed by atoms with Gasteiger partial charge in [0, 0.05) is 0 Å². The molecule has 0 saturated carbocycles. The zero-order valence-corrected chi connectivity index (χ0v) is 13.3. The van der Waals surface area contributed by atoms with E-state index in [-0.39, 0.29) is 13.2 Å². The highest BCUT2D eigenvalue weighted by Gasteiger charge is 2.45. The number of ether oxygens (including phenoxy) is 3. The molecule has 0 radical (unpaired) electrons. The second-order valence-electron chi connectivity index (χ2n) is 5.77. The number of benzene rings is 2. The smallest absolute Gasteiger partial charge is 0.189 e. The van der Waals surface area contributed by atoms with Gasteiger partial charge in [0.25, 0.3) is 0 Å². The van der Waals surface area contributed by atoms with Crippen molar-refractivity contribution in [1.82, 2.24) is 0 Å². The van der Waals surface area contributed by atoms with Crippen molar-refractivity contribution < 1.29 is 23.7 Å². The summed E-state index contributed by atoms with van der Waals surface area (Å²) < 4.78 is 30.6. The van der Waals surface area contributed by atoms with Crippen LogP contribution in [-0.2, 0) is 27.4 Å². The number of aliphatic hydroxyl groups excluding tert-OH is 1. The van der Waals surface area contributed by atoms with E-state index in [0.717, 1.165) is 11.1 Å². The van der Waals surface area contributed by atoms with Gasteiger partial charge in [0.1, 0.15) is 12.2 Å². The van der Waals surface area contributed by atoms with Gasteiger partial charge in [-0.15, -0.1) is 0 Å². The van der Waals surface area contributed by atoms with Crippen molar-refractivity contribution in [3.8, 4) is 0 Å². The largest absolute Gasteiger partial charge is 0.374 e. The lowest BCUT2D eigenvalue weighted by atomic mass is 10.1. The third-order valence-corrected chi connectivity index (χ3v) is 3.95. The second-order valence-corrected chi connectivity index (χ2v) is 5.77. The summed E-state index contributed by atoms with van der Waals surface area (Å²) >= 11 is 0. The summed E-state index contributed by atoms with van der Waals surface area (Å²) in [5, 5.41) is 9.62. The molecule has 24 heavy (non-hydrogen) atoms. The highest BCUT2D eigenvalue weighted by Crippen LogP contribution is 2.26. The zero-order valence-electron chi connectivity index (χ0n) is 13.3. The maximum Gasteiger partial charge on any atom is 0.189 e. The van der Waals surface area contributed by atoms with Crippen molar-refractivity contribution in [3.05, 3.63) is 71.8 Å². The molecule has 0 spiro atoms. The van der Waals surface area contributed by atoms with Crippen LogP contribution in [0, 0.1) is 0 Å². The molecule has 0 unspecified atom stereocenters. The van der Waals surface area contributed by atoms with Gasteiger partial charge in [0.05, 0.1) is 19.8 Å². The molecule has 1 saturated heterocycles. The number of rotatable bonds is 7. The van der Waals surface area contributed by atoms with Crippen molar-refractivity contribution in [3.63, 3.8) is 0 Å². The molecular weight excluding hydrogens is 311 g/mol. The lowest BCUT2D eigenvalue weighted by Gasteiger charge is -2.20. The summed E-state index contributed by atoms with van der Waals surface area (Å²) in [6.45, 7) is 0.822. The van der Waals surface area contributed by atoms with Crippen LogP contribution in [0.25, 0.3) is 0 Å². The Balaban J connectivity index is 1.52. The summed E-state index contributed by atoms with van der Waals surface area (Å²) in [6.07, 6.45) is -4.55. The maximum atomic E-state index is 14.1. The van der Waals surface area contributed by atoms with Crippen LogP contribution in [0.4, 0.5) is 4.39 Å². The van der Waals surface area contributed by atoms with Crippen LogP contribution in [0.2, 0.25) is 0 Å². The van der Waals surface area contributed by atoms with E-state index in [9.17, 15) is 9.50 Å². The monoisotopic (exact) mass is 332 g/mol. The first-order valence-electron chi connectivity index (χ1n) is 7.99. The van der Waals surface area contributed by atoms with Crippen LogP contribution in [-0.4, -0.2) is 36.4 Å². The Hall–Kier alpha value is -1.79. The van der Waals surface area contributed by atoms with E-state index in [1.807, 2.05) is 60.7 Å². The minimum absolute atomic E-state index is 0.159. The second kappa shape index (κ2) is 8.35. The molecule has 0 bridgehead atoms. The number of hydrogen-bond acceptors (Lipinski definition) is 4. The van der Waals surface area contributed by atoms with Gasteiger partial charge >= 0.3 is 0 Å². The fraction of sp³-hybridized carbons (Fsp3) is 0.368. The molecule has 1 fully saturated rings. The van der Waals surface area contributed by atoms with E-state index in [4.69, 9.17) is 14.2 Å². The first-order valence-corrected chi connectivity index (χ1v) is 7.99. The summed E-state index contributed by atoms with van der Waals surface area (Å²) in [6, 6.07) is 19.2. The Kier molecular flexibility index (Phi) is 5.93. The van der Waals surface area contributed by atoms with Crippen LogP contribution in [0.1, 0.15) is 11.1 Å². The van der Waals surface area contributed by atoms with Gasteiger partial charge in [-0.2, -0.15) is 0 Å². The number of hydrogen-bond donors (Lipinski definition) is 1. The molecular formula is C19H21FO4. The molecule has 4 atom stereocenters. The van der Waals surface area contributed by atoms with Gasteiger partial charge in [0.15, 0.2) is 12.5 Å². The molecule has 1 heterocycles. The summed E-state index contributed by atoms with van der Waals surface area (Å²) in [7, 11) is 0. The van der Waals surface area contributed by atoms with Crippen LogP contribution in [0.5, 0.6) is 0 Å². The van der Waals surface area contributed by atoms with E-state index >= 15 is 0 Å². The number of alkyl halides is 1. The summed E-state index contributed by atoms with van der Waals surface area (Å²) in [4.78, 5) is 0. The quantitative estimate of drug-likeness (QED) is 0.847. The van der Waals surface area contributed by atoms with Crippen molar-refractivity contribution in [2.75, 3.05) is 6.61 Å². The predicted molar refractivity (Wildman–Crippen MR) is 86.9 cm³/mol. The van der Waals surface area contributed by atoms with E-state index in [1.54, 1.807) is 0 Å². The Labute approximate surface area is 140 Å². The van der Waals surface area contributed by atoms with Crippen LogP contribution >= 0.6 is 0 Å². The molecule has 1 aliphatic heterocycles. The first-order chi connectivity index (χ1) is 11.7. The summed E-state index contributed by atoms with van der Waals surface area (Å²) in [5.41, 5.74) is 1.96. The van der Waals surface area contributed by atoms with E-state index in [1.165, 1.54) is 0 Å². The maximum absolute atomic E-state index is 14.1. The van der Waals surface area contributed by atoms with Crippen LogP contribution in [0.3, 0.4) is 0 Å². The fourth-order valence-electron chi connectivity index (χ4n) is 2.67. The topological polar surface area (TPSA) is 47.9 Å². The molecule has 0 aromatic heterocycles. The Bertz CT molecular complexity index is 607. The normalized spacial score (nSPS) is 26.6. The minimum Gasteiger partial charge on any atom is -0.374 e. The highest BCUT2D eigenvalue weighted by molar-refractivity contribution is 5.14. The minimum atomic E-state index is -1.58. The van der Waals surface area contributed by atoms with Crippen molar-refractivity contribution in [1.29, 1.82) is 0 Å². The summed E-state index contributed by atoms with van der Waals surface area (Å²) in [5.74, 6) is 0. The van der Waals surface area contributed by atoms with E-state index < -0.39 is 24.7 Å². The van der Waals surface area contributed by atoms with Crippen molar-refractivity contribution in [2.24, 2.45) is 0 Å². The Morgan fingerprint density at radius 2 is 1.50 bits per heavy atom. The predicted octanol–water partition coefficient (Wildman–Crippen LogP) is 2.84. The molecule has 0 amide bonds. The zero-order chi connectivity index (χ0) is 16.8. The van der Waals surface area contributed by atoms with Gasteiger partial charge in [0.2, 0.25) is 0 Å². The molecule has 128 valence electrons. The van der Waals surface area contributed by atoms with E-state index in [0.29, 0.717) is 6.61 Å². The lowest BCUT2D eigenvalue weighted by Crippen LogP contribution is -2.34. The van der Waals surface area contributed by atoms with E-state index in [2.05, 4.69) is 0 Å². The highest BCUT2D eigenvalue weighted by atomic mass is 19.1. The Morgan fingerprint density at radius 1 is 0.917 bits per heavy atom. The Morgan fingerprint density at radius 3 is 2.12 bits per heavy atom. The van der Waals surface area contributed by atoms with Gasteiger partial charge in [-0.05, 0) is 11.1 Å². The molecule has 1 aliphatic rings. The van der Waals surface area contributed by atoms with Crippen LogP contribution in [0.15, 0.2) is 60.7 Å². The third-order valence-electron chi connectivity index (χ3n) is 3.95. The molecule has 2 aromatic carbocycles. The van der Waals surface area contributed by atoms with Crippen LogP contribution < -0.4 is 0 Å². The molecule has 3 rings (SSSR count). The van der Waals surface area contributed by atoms with Gasteiger partial charge in [-0.3, -0.25) is 0 Å². The molecule has 1 N–H and O–H groups in total. The van der Waals surface area contributed by atoms with Gasteiger partial charge in [-0.1, -0.05) is 60.7 Å². The molecule has 4 nitrogen and oxygen atoms in total. The first kappa shape index (κ1) is 17.0. The lowest BCUT2D eigenvalue weighted by molar-refractivity contribution is -0.129. The number of halogens is 1. The van der Waals surface area contributed by atoms with Gasteiger partial charge < -0.3 is 19.3 Å². The standard InChI is InChI=1S/C19H21FO4/c20-17-18(23-12-15-9-5-2-6-10-15)16(24-19(17)21)13-22-11-14-7-3-1-4-8-14/h1-10,16-19,21H,11-13H2/t16-,17-,18-,19+/m1/s1. The van der Waals surface area contributed by atoms with Crippen molar-refractivity contribution in [2.45, 2.75) is 37.9 Å². The molecule has 2 aromatic rings. The molecule has 5 heteroatoms. The molecule has 0 aliphatic carbocycles. The SMILES string of the molecule is O[C@H]1O[C@H](COCc2ccccc2)[C@@H](OCc2ccccc2)[C@H]1F. The fourth-order valence-corrected chi connectivity index (χ4v) is 2.67. The van der Waals surface area contributed by atoms with Gasteiger partial charge in [-0.25, -0.2) is 4.39 Å². The number of aliphatic hydroxyl groups is 1. The average molecular weight is 332 g/mol. The average Bonchev–Trinajstić information content (AvgIpc) is 2.89. The third kappa shape index (κ3) is 4.39.